The molecule has 8 aliphatic rings. The van der Waals surface area contributed by atoms with E-state index in [-0.39, 0.29) is 56.5 Å². The molecule has 58 heavy (non-hydrogen) atoms. The highest BCUT2D eigenvalue weighted by atomic mass is 16.5. The number of likely N-dealkylation sites (tertiary alicyclic amines) is 1. The lowest BCUT2D eigenvalue weighted by Crippen LogP contribution is -2.71. The predicted molar refractivity (Wildman–Crippen MR) is 225 cm³/mol. The average Bonchev–Trinajstić information content (AvgIpc) is 3.42. The minimum absolute atomic E-state index is 0.0954. The Kier molecular flexibility index (Phi) is 9.07. The van der Waals surface area contributed by atoms with E-state index in [0.29, 0.717) is 41.4 Å². The number of aliphatic carboxylic acids is 1. The molecule has 9 rings (SSSR count). The van der Waals surface area contributed by atoms with Crippen LogP contribution in [0.3, 0.4) is 0 Å². The smallest absolute Gasteiger partial charge is 0.309 e. The summed E-state index contributed by atoms with van der Waals surface area (Å²) >= 11 is 0. The predicted octanol–water partition coefficient (Wildman–Crippen LogP) is 10.4. The molecule has 1 aromatic rings. The van der Waals surface area contributed by atoms with Gasteiger partial charge in [-0.3, -0.25) is 19.1 Å². The molecule has 0 bridgehead atoms. The SMILES string of the molecule is Cc1cc(C)n(C[C@@H]2CCCN2C(=O)[C@]23CC[C@@H](C4(C)CC4)[C@@H]2[C@H]2CC[C@@]4(C)[C@@](C)(CC[C@H]5C(C)(C)[C@@H](OC(=O)[C@H]6C[C@@H](C(=O)O)C6(C)C)CC[C@@]54C)[C@]2(C)CC3)n1. The van der Waals surface area contributed by atoms with Crippen LogP contribution >= 0.6 is 0 Å². The molecular weight excluding hydrogens is 723 g/mol. The van der Waals surface area contributed by atoms with E-state index in [2.05, 4.69) is 78.0 Å². The molecule has 1 aromatic heterocycles. The highest BCUT2D eigenvalue weighted by Gasteiger charge is 2.77. The van der Waals surface area contributed by atoms with Crippen LogP contribution in [0.5, 0.6) is 0 Å². The third-order valence-corrected chi connectivity index (χ3v) is 22.0. The first-order valence-electron chi connectivity index (χ1n) is 23.8. The summed E-state index contributed by atoms with van der Waals surface area (Å²) in [6.07, 6.45) is 16.1. The minimum atomic E-state index is -0.808. The van der Waals surface area contributed by atoms with E-state index in [1.807, 2.05) is 13.8 Å². The van der Waals surface area contributed by atoms with Crippen molar-refractivity contribution in [3.8, 4) is 0 Å². The number of hydrogen-bond acceptors (Lipinski definition) is 5. The number of fused-ring (bicyclic) bond motifs is 7. The lowest BCUT2D eigenvalue weighted by Gasteiger charge is -2.77. The van der Waals surface area contributed by atoms with Crippen molar-refractivity contribution in [2.24, 2.45) is 78.8 Å². The van der Waals surface area contributed by atoms with Crippen molar-refractivity contribution in [1.29, 1.82) is 0 Å². The molecule has 1 N–H and O–H groups in total. The monoisotopic (exact) mass is 800 g/mol. The molecule has 0 radical (unpaired) electrons. The number of ether oxygens (including phenoxy) is 1. The Morgan fingerprint density at radius 1 is 0.759 bits per heavy atom. The number of carbonyl (C=O) groups is 3. The zero-order valence-corrected chi connectivity index (χ0v) is 38.1. The lowest BCUT2D eigenvalue weighted by atomic mass is 9.27. The molecule has 2 heterocycles. The number of rotatable bonds is 7. The summed E-state index contributed by atoms with van der Waals surface area (Å²) in [6, 6.07) is 2.39. The molecule has 7 aliphatic carbocycles. The summed E-state index contributed by atoms with van der Waals surface area (Å²) in [5, 5.41) is 14.6. The standard InChI is InChI=1S/C50H77N3O5/c1-30-27-31(2)53(51-30)29-32-13-12-26-52(32)42(57)50-21-15-33(45(7)22-23-45)39(50)34-14-19-49(11)47(9)18-17-38(58-41(56)36-28-35(40(54)55)43(36,3)4)44(5,6)37(47)16-20-48(49,10)46(34,8)24-25-50/h27,32-39H,12-26,28-29H2,1-11H3,(H,54,55)/t32-,33+,34+,35-,36+,37-,38-,39+,46+,47-,48-,49+,50-/m0/s1. The number of aryl methyl sites for hydroxylation is 2. The van der Waals surface area contributed by atoms with Crippen molar-refractivity contribution < 1.29 is 24.2 Å². The molecule has 8 heteroatoms. The average molecular weight is 800 g/mol. The van der Waals surface area contributed by atoms with Crippen LogP contribution in [0.2, 0.25) is 0 Å². The number of aromatic nitrogens is 2. The molecule has 322 valence electrons. The van der Waals surface area contributed by atoms with Crippen molar-refractivity contribution in [1.82, 2.24) is 14.7 Å². The van der Waals surface area contributed by atoms with Gasteiger partial charge in [-0.15, -0.1) is 0 Å². The summed E-state index contributed by atoms with van der Waals surface area (Å²) < 4.78 is 8.67. The molecule has 1 amide bonds. The van der Waals surface area contributed by atoms with Gasteiger partial charge >= 0.3 is 11.9 Å². The first-order chi connectivity index (χ1) is 27.0. The molecule has 13 atom stereocenters. The summed E-state index contributed by atoms with van der Waals surface area (Å²) in [4.78, 5) is 43.6. The first-order valence-corrected chi connectivity index (χ1v) is 23.8. The minimum Gasteiger partial charge on any atom is -0.481 e. The number of nitrogens with zero attached hydrogens (tertiary/aromatic N) is 3. The van der Waals surface area contributed by atoms with Crippen LogP contribution < -0.4 is 0 Å². The van der Waals surface area contributed by atoms with Crippen molar-refractivity contribution in [2.45, 2.75) is 191 Å². The normalized spacial score (nSPS) is 46.8. The van der Waals surface area contributed by atoms with E-state index < -0.39 is 17.3 Å². The van der Waals surface area contributed by atoms with Crippen LogP contribution in [0.1, 0.15) is 170 Å². The summed E-state index contributed by atoms with van der Waals surface area (Å²) in [7, 11) is 0. The molecule has 1 aliphatic heterocycles. The maximum atomic E-state index is 15.6. The molecular formula is C50H77N3O5. The van der Waals surface area contributed by atoms with E-state index in [0.717, 1.165) is 70.2 Å². The van der Waals surface area contributed by atoms with Gasteiger partial charge in [-0.2, -0.15) is 5.10 Å². The maximum Gasteiger partial charge on any atom is 0.309 e. The van der Waals surface area contributed by atoms with Gasteiger partial charge in [0.05, 0.1) is 35.5 Å². The third kappa shape index (κ3) is 5.22. The van der Waals surface area contributed by atoms with E-state index in [4.69, 9.17) is 9.84 Å². The number of carboxylic acids is 1. The second-order valence-corrected chi connectivity index (χ2v) is 24.4. The summed E-state index contributed by atoms with van der Waals surface area (Å²) in [5.74, 6) is 0.721. The molecule has 8 fully saturated rings. The van der Waals surface area contributed by atoms with Gasteiger partial charge in [0.2, 0.25) is 5.91 Å². The topological polar surface area (TPSA) is 102 Å². The highest BCUT2D eigenvalue weighted by Crippen LogP contribution is 2.82. The number of esters is 1. The number of carbonyl (C=O) groups excluding carboxylic acids is 2. The van der Waals surface area contributed by atoms with Gasteiger partial charge in [0.15, 0.2) is 0 Å². The largest absolute Gasteiger partial charge is 0.481 e. The Morgan fingerprint density at radius 3 is 2.07 bits per heavy atom. The van der Waals surface area contributed by atoms with Gasteiger partial charge in [-0.25, -0.2) is 0 Å². The summed E-state index contributed by atoms with van der Waals surface area (Å²) in [6.45, 7) is 27.8. The van der Waals surface area contributed by atoms with E-state index in [9.17, 15) is 14.7 Å². The Hall–Kier alpha value is -2.38. The van der Waals surface area contributed by atoms with Gasteiger partial charge in [0.1, 0.15) is 6.10 Å². The second-order valence-electron chi connectivity index (χ2n) is 24.4. The fourth-order valence-electron chi connectivity index (χ4n) is 17.5. The van der Waals surface area contributed by atoms with E-state index in [1.54, 1.807) is 0 Å². The third-order valence-electron chi connectivity index (χ3n) is 22.0. The van der Waals surface area contributed by atoms with Crippen molar-refractivity contribution >= 4 is 17.8 Å². The fourth-order valence-corrected chi connectivity index (χ4v) is 17.5. The van der Waals surface area contributed by atoms with Gasteiger partial charge in [0.25, 0.3) is 0 Å². The molecule has 0 unspecified atom stereocenters. The number of hydrogen-bond donors (Lipinski definition) is 1. The van der Waals surface area contributed by atoms with Crippen LogP contribution in [0, 0.1) is 92.7 Å². The van der Waals surface area contributed by atoms with E-state index >= 15 is 4.79 Å². The zero-order chi connectivity index (χ0) is 41.8. The van der Waals surface area contributed by atoms with Crippen molar-refractivity contribution in [2.75, 3.05) is 6.54 Å². The Morgan fingerprint density at radius 2 is 1.43 bits per heavy atom. The molecule has 8 nitrogen and oxygen atoms in total. The number of amides is 1. The quantitative estimate of drug-likeness (QED) is 0.276. The van der Waals surface area contributed by atoms with Gasteiger partial charge < -0.3 is 14.7 Å². The van der Waals surface area contributed by atoms with Crippen molar-refractivity contribution in [3.05, 3.63) is 17.5 Å². The second kappa shape index (κ2) is 12.8. The molecule has 1 saturated heterocycles. The van der Waals surface area contributed by atoms with Crippen molar-refractivity contribution in [3.63, 3.8) is 0 Å². The Labute approximate surface area is 349 Å². The van der Waals surface area contributed by atoms with Crippen LogP contribution in [-0.2, 0) is 25.7 Å². The highest BCUT2D eigenvalue weighted by molar-refractivity contribution is 5.84. The zero-order valence-electron chi connectivity index (χ0n) is 38.1. The lowest BCUT2D eigenvalue weighted by molar-refractivity contribution is -0.293. The van der Waals surface area contributed by atoms with Gasteiger partial charge in [-0.05, 0) is 172 Å². The Balaban J connectivity index is 0.996. The first kappa shape index (κ1) is 41.0. The summed E-state index contributed by atoms with van der Waals surface area (Å²) in [5.41, 5.74) is 2.11. The van der Waals surface area contributed by atoms with Gasteiger partial charge in [-0.1, -0.05) is 62.3 Å². The van der Waals surface area contributed by atoms with E-state index in [1.165, 1.54) is 44.2 Å². The molecule has 7 saturated carbocycles. The van der Waals surface area contributed by atoms with Crippen LogP contribution in [-0.4, -0.2) is 56.3 Å². The van der Waals surface area contributed by atoms with Gasteiger partial charge in [0, 0.05) is 17.7 Å². The number of carboxylic acid groups (broad SMARTS) is 1. The fraction of sp³-hybridized carbons (Fsp3) is 0.880. The van der Waals surface area contributed by atoms with Crippen LogP contribution in [0.4, 0.5) is 0 Å². The van der Waals surface area contributed by atoms with Crippen LogP contribution in [0.15, 0.2) is 6.07 Å². The molecule has 0 spiro atoms. The molecule has 0 aromatic carbocycles. The van der Waals surface area contributed by atoms with Crippen LogP contribution in [0.25, 0.3) is 0 Å². The Bertz CT molecular complexity index is 1880. The maximum absolute atomic E-state index is 15.6.